The van der Waals surface area contributed by atoms with Crippen LogP contribution >= 0.6 is 11.6 Å². The molecule has 312 valence electrons. The topological polar surface area (TPSA) is 158 Å². The molecule has 0 radical (unpaired) electrons. The highest BCUT2D eigenvalue weighted by Crippen LogP contribution is 2.51. The first-order chi connectivity index (χ1) is 27.2. The average Bonchev–Trinajstić information content (AvgIpc) is 3.67. The molecule has 3 aromatic heterocycles. The molecule has 2 aliphatic rings. The quantitative estimate of drug-likeness (QED) is 0.119. The van der Waals surface area contributed by atoms with Gasteiger partial charge in [0.1, 0.15) is 16.6 Å². The Morgan fingerprint density at radius 2 is 1.76 bits per heavy atom. The molecule has 2 amide bonds. The van der Waals surface area contributed by atoms with Crippen LogP contribution in [0.25, 0.3) is 5.82 Å². The van der Waals surface area contributed by atoms with Gasteiger partial charge in [-0.3, -0.25) is 4.79 Å². The summed E-state index contributed by atoms with van der Waals surface area (Å²) < 4.78 is 79.6. The maximum atomic E-state index is 13.4. The van der Waals surface area contributed by atoms with Gasteiger partial charge in [0.25, 0.3) is 15.9 Å². The number of anilines is 1. The third-order valence-electron chi connectivity index (χ3n) is 10.2. The second-order valence-corrected chi connectivity index (χ2v) is 18.4. The van der Waals surface area contributed by atoms with Crippen LogP contribution in [0.3, 0.4) is 0 Å². The van der Waals surface area contributed by atoms with Gasteiger partial charge in [-0.2, -0.15) is 21.6 Å². The molecule has 4 atom stereocenters. The lowest BCUT2D eigenvalue weighted by molar-refractivity contribution is -0.151. The highest BCUT2D eigenvalue weighted by molar-refractivity contribution is 7.90. The van der Waals surface area contributed by atoms with E-state index in [2.05, 4.69) is 20.4 Å². The van der Waals surface area contributed by atoms with Crippen LogP contribution in [0.5, 0.6) is 5.88 Å². The summed E-state index contributed by atoms with van der Waals surface area (Å²) in [5.41, 5.74) is -0.155. The Bertz CT molecular complexity index is 2220. The van der Waals surface area contributed by atoms with Crippen molar-refractivity contribution in [3.8, 4) is 11.7 Å². The number of amides is 2. The van der Waals surface area contributed by atoms with Crippen LogP contribution in [-0.4, -0.2) is 82.1 Å². The minimum absolute atomic E-state index is 0.0112. The molecule has 0 bridgehead atoms. The van der Waals surface area contributed by atoms with Crippen molar-refractivity contribution in [2.45, 2.75) is 88.6 Å². The number of halogens is 4. The van der Waals surface area contributed by atoms with Gasteiger partial charge in [-0.1, -0.05) is 48.0 Å². The number of nitrogens with zero attached hydrogens (tertiary/aromatic N) is 5. The van der Waals surface area contributed by atoms with E-state index < -0.39 is 50.1 Å². The van der Waals surface area contributed by atoms with Crippen molar-refractivity contribution in [3.05, 3.63) is 89.2 Å². The maximum absolute atomic E-state index is 13.4. The van der Waals surface area contributed by atoms with Crippen LogP contribution in [0, 0.1) is 17.8 Å². The first-order valence-corrected chi connectivity index (χ1v) is 20.8. The molecule has 1 saturated carbocycles. The Morgan fingerprint density at radius 3 is 2.43 bits per heavy atom. The average molecular weight is 846 g/mol. The summed E-state index contributed by atoms with van der Waals surface area (Å²) in [5.74, 6) is -1.98. The molecule has 1 saturated heterocycles. The molecule has 13 nitrogen and oxygen atoms in total. The number of carbonyl (C=O) groups excluding carboxylic acids is 2. The largest absolute Gasteiger partial charge is 0.477 e. The van der Waals surface area contributed by atoms with E-state index in [9.17, 15) is 31.2 Å². The SMILES string of the molecule is CC(C)(C)OC(=O)N1CC(CC(CNc2cccc(S(=O)(=O)NC(=O)c3ccc(-n4ccc(OCCC5CC5C(F)(F)F)n4)nc3Cl)n2)c2ccccc2)CC1(C)C. The second-order valence-electron chi connectivity index (χ2n) is 16.4. The predicted octanol–water partition coefficient (Wildman–Crippen LogP) is 8.02. The molecule has 2 N–H and O–H groups in total. The third-order valence-corrected chi connectivity index (χ3v) is 11.7. The number of rotatable bonds is 14. The van der Waals surface area contributed by atoms with Crippen molar-refractivity contribution in [1.29, 1.82) is 0 Å². The van der Waals surface area contributed by atoms with Crippen LogP contribution in [0.4, 0.5) is 23.8 Å². The lowest BCUT2D eigenvalue weighted by atomic mass is 9.85. The van der Waals surface area contributed by atoms with Crippen LogP contribution in [0.2, 0.25) is 5.15 Å². The van der Waals surface area contributed by atoms with Crippen molar-refractivity contribution in [2.75, 3.05) is 25.0 Å². The molecule has 1 aromatic carbocycles. The van der Waals surface area contributed by atoms with Crippen molar-refractivity contribution in [1.82, 2.24) is 29.4 Å². The van der Waals surface area contributed by atoms with Gasteiger partial charge < -0.3 is 19.7 Å². The minimum Gasteiger partial charge on any atom is -0.477 e. The lowest BCUT2D eigenvalue weighted by Crippen LogP contribution is -2.45. The number of likely N-dealkylation sites (tertiary alicyclic amines) is 1. The molecule has 0 spiro atoms. The zero-order chi connectivity index (χ0) is 42.0. The maximum Gasteiger partial charge on any atom is 0.410 e. The Labute approximate surface area is 340 Å². The molecule has 6 rings (SSSR count). The van der Waals surface area contributed by atoms with Crippen LogP contribution < -0.4 is 14.8 Å². The van der Waals surface area contributed by atoms with Gasteiger partial charge in [0.2, 0.25) is 5.88 Å². The van der Waals surface area contributed by atoms with Gasteiger partial charge in [-0.25, -0.2) is 24.2 Å². The zero-order valence-corrected chi connectivity index (χ0v) is 34.4. The molecule has 1 aliphatic heterocycles. The Morgan fingerprint density at radius 1 is 1.02 bits per heavy atom. The number of benzene rings is 1. The second kappa shape index (κ2) is 16.8. The van der Waals surface area contributed by atoms with Gasteiger partial charge >= 0.3 is 12.3 Å². The number of nitrogens with one attached hydrogen (secondary N) is 2. The number of sulfonamides is 1. The zero-order valence-electron chi connectivity index (χ0n) is 32.8. The van der Waals surface area contributed by atoms with Crippen molar-refractivity contribution < 1.29 is 40.7 Å². The molecule has 1 aliphatic carbocycles. The summed E-state index contributed by atoms with van der Waals surface area (Å²) in [7, 11) is -4.46. The third kappa shape index (κ3) is 10.8. The number of ether oxygens (including phenoxy) is 2. The monoisotopic (exact) mass is 845 g/mol. The van der Waals surface area contributed by atoms with Crippen LogP contribution in [0.1, 0.15) is 82.1 Å². The summed E-state index contributed by atoms with van der Waals surface area (Å²) >= 11 is 6.32. The lowest BCUT2D eigenvalue weighted by Gasteiger charge is -2.33. The summed E-state index contributed by atoms with van der Waals surface area (Å²) in [6.07, 6.45) is -1.17. The summed E-state index contributed by atoms with van der Waals surface area (Å²) in [6.45, 7) is 10.6. The number of pyridine rings is 2. The van der Waals surface area contributed by atoms with E-state index in [4.69, 9.17) is 21.1 Å². The van der Waals surface area contributed by atoms with Crippen molar-refractivity contribution in [2.24, 2.45) is 17.8 Å². The highest BCUT2D eigenvalue weighted by Gasteiger charge is 2.55. The van der Waals surface area contributed by atoms with E-state index in [-0.39, 0.29) is 65.6 Å². The predicted molar refractivity (Wildman–Crippen MR) is 210 cm³/mol. The molecule has 58 heavy (non-hydrogen) atoms. The van der Waals surface area contributed by atoms with E-state index in [1.165, 1.54) is 41.2 Å². The van der Waals surface area contributed by atoms with E-state index in [1.807, 2.05) is 69.7 Å². The van der Waals surface area contributed by atoms with E-state index >= 15 is 0 Å². The number of hydrogen-bond donors (Lipinski definition) is 2. The van der Waals surface area contributed by atoms with Crippen molar-refractivity contribution >= 4 is 39.4 Å². The van der Waals surface area contributed by atoms with Crippen LogP contribution in [-0.2, 0) is 14.8 Å². The molecule has 4 unspecified atom stereocenters. The minimum atomic E-state index is -4.46. The standard InChI is InChI=1S/C40H47ClF3N7O6S/c1-38(2,3)57-37(53)50-24-25(22-39(50,4)5)20-28(26-10-7-6-8-11-26)23-45-31-12-9-13-34(46-31)58(54,55)49-36(52)29-14-15-32(47-35(29)41)51-18-16-33(48-51)56-19-17-27-21-30(27)40(42,43)44/h6-16,18,25,27-28,30H,17,19-24H2,1-5H3,(H,45,46)(H,49,52). The first-order valence-electron chi connectivity index (χ1n) is 18.9. The highest BCUT2D eigenvalue weighted by atomic mass is 35.5. The summed E-state index contributed by atoms with van der Waals surface area (Å²) in [4.78, 5) is 36.5. The molecular weight excluding hydrogens is 799 g/mol. The fourth-order valence-corrected chi connectivity index (χ4v) is 8.45. The number of alkyl halides is 3. The normalized spacial score (nSPS) is 19.7. The van der Waals surface area contributed by atoms with Gasteiger partial charge in [0.05, 0.1) is 18.1 Å². The van der Waals surface area contributed by atoms with Crippen LogP contribution in [0.15, 0.2) is 78.0 Å². The number of hydrogen-bond acceptors (Lipinski definition) is 10. The fourth-order valence-electron chi connectivity index (χ4n) is 7.28. The first kappa shape index (κ1) is 42.7. The van der Waals surface area contributed by atoms with E-state index in [0.717, 1.165) is 18.4 Å². The molecule has 2 fully saturated rings. The van der Waals surface area contributed by atoms with Gasteiger partial charge in [-0.15, -0.1) is 5.10 Å². The van der Waals surface area contributed by atoms with Gasteiger partial charge in [0.15, 0.2) is 10.8 Å². The van der Waals surface area contributed by atoms with Gasteiger partial charge in [-0.05, 0) is 102 Å². The molecular formula is C40H47ClF3N7O6S. The summed E-state index contributed by atoms with van der Waals surface area (Å²) in [5, 5.41) is 6.78. The Hall–Kier alpha value is -4.90. The molecule has 18 heteroatoms. The Balaban J connectivity index is 1.06. The van der Waals surface area contributed by atoms with E-state index in [1.54, 1.807) is 11.0 Å². The number of carbonyl (C=O) groups is 2. The Kier molecular flexibility index (Phi) is 12.3. The van der Waals surface area contributed by atoms with Crippen molar-refractivity contribution in [3.63, 3.8) is 0 Å². The number of aromatic nitrogens is 4. The smallest absolute Gasteiger partial charge is 0.410 e. The molecule has 4 aromatic rings. The fraction of sp³-hybridized carbons (Fsp3) is 0.475. The van der Waals surface area contributed by atoms with Gasteiger partial charge in [0, 0.05) is 36.8 Å². The molecule has 4 heterocycles. The summed E-state index contributed by atoms with van der Waals surface area (Å²) in [6, 6.07) is 18.5. The van der Waals surface area contributed by atoms with E-state index in [0.29, 0.717) is 13.1 Å².